The van der Waals surface area contributed by atoms with Gasteiger partial charge >= 0.3 is 0 Å². The average Bonchev–Trinajstić information content (AvgIpc) is 2.79. The Morgan fingerprint density at radius 1 is 1.38 bits per heavy atom. The maximum Gasteiger partial charge on any atom is 0.263 e. The van der Waals surface area contributed by atoms with Crippen LogP contribution in [0.25, 0.3) is 0 Å². The molecule has 1 N–H and O–H groups in total. The molecule has 2 fully saturated rings. The fourth-order valence-corrected chi connectivity index (χ4v) is 5.07. The van der Waals surface area contributed by atoms with Gasteiger partial charge < -0.3 is 10.2 Å². The number of rotatable bonds is 4. The number of carbonyl (C=O) groups is 1. The van der Waals surface area contributed by atoms with E-state index in [-0.39, 0.29) is 16.9 Å². The van der Waals surface area contributed by atoms with Gasteiger partial charge in [-0.3, -0.25) is 4.79 Å². The summed E-state index contributed by atoms with van der Waals surface area (Å²) in [6.07, 6.45) is 5.17. The zero-order valence-electron chi connectivity index (χ0n) is 15.7. The van der Waals surface area contributed by atoms with Crippen LogP contribution in [0.2, 0.25) is 5.02 Å². The van der Waals surface area contributed by atoms with Crippen LogP contribution in [0.3, 0.4) is 0 Å². The molecule has 1 saturated carbocycles. The molecule has 4 nitrogen and oxygen atoms in total. The largest absolute Gasteiger partial charge is 0.373 e. The second-order valence-corrected chi connectivity index (χ2v) is 9.22. The van der Waals surface area contributed by atoms with E-state index in [1.54, 1.807) is 12.3 Å². The number of carbonyl (C=O) groups excluding carboxylic acids is 1. The highest BCUT2D eigenvalue weighted by Gasteiger charge is 2.48. The average molecular weight is 372 g/mol. The Morgan fingerprint density at radius 2 is 2.12 bits per heavy atom. The lowest BCUT2D eigenvalue weighted by molar-refractivity contribution is -0.117. The van der Waals surface area contributed by atoms with Gasteiger partial charge in [0.25, 0.3) is 5.91 Å². The Morgan fingerprint density at radius 3 is 2.81 bits per heavy atom. The Kier molecular flexibility index (Phi) is 5.03. The summed E-state index contributed by atoms with van der Waals surface area (Å²) in [4.78, 5) is 14.7. The molecule has 1 aliphatic carbocycles. The van der Waals surface area contributed by atoms with Crippen molar-refractivity contribution in [2.45, 2.75) is 52.6 Å². The van der Waals surface area contributed by atoms with Crippen molar-refractivity contribution in [3.05, 3.63) is 46.6 Å². The van der Waals surface area contributed by atoms with Crippen molar-refractivity contribution in [1.29, 1.82) is 5.26 Å². The number of hydrogen-bond donors (Lipinski definition) is 1. The van der Waals surface area contributed by atoms with Crippen LogP contribution in [0.15, 0.2) is 36.0 Å². The summed E-state index contributed by atoms with van der Waals surface area (Å²) in [7, 11) is 0. The van der Waals surface area contributed by atoms with E-state index in [9.17, 15) is 10.1 Å². The third kappa shape index (κ3) is 4.04. The second kappa shape index (κ2) is 6.96. The van der Waals surface area contributed by atoms with Crippen LogP contribution in [0.4, 0.5) is 0 Å². The summed E-state index contributed by atoms with van der Waals surface area (Å²) in [6, 6.07) is 9.85. The van der Waals surface area contributed by atoms with Gasteiger partial charge in [-0.15, -0.1) is 0 Å². The van der Waals surface area contributed by atoms with Crippen molar-refractivity contribution in [2.24, 2.45) is 10.8 Å². The van der Waals surface area contributed by atoms with Crippen molar-refractivity contribution < 1.29 is 4.79 Å². The minimum Gasteiger partial charge on any atom is -0.373 e. The quantitative estimate of drug-likeness (QED) is 0.635. The van der Waals surface area contributed by atoms with Crippen molar-refractivity contribution in [3.63, 3.8) is 0 Å². The van der Waals surface area contributed by atoms with Crippen molar-refractivity contribution in [3.8, 4) is 6.07 Å². The maximum absolute atomic E-state index is 12.5. The summed E-state index contributed by atoms with van der Waals surface area (Å²) in [6.45, 7) is 8.16. The summed E-state index contributed by atoms with van der Waals surface area (Å²) in [5.74, 6) is -0.349. The van der Waals surface area contributed by atoms with E-state index in [4.69, 9.17) is 11.6 Å². The van der Waals surface area contributed by atoms with Gasteiger partial charge in [0.2, 0.25) is 0 Å². The summed E-state index contributed by atoms with van der Waals surface area (Å²) in [5.41, 5.74) is 1.56. The molecule has 1 saturated heterocycles. The number of likely N-dealkylation sites (tertiary alicyclic amines) is 1. The lowest BCUT2D eigenvalue weighted by Crippen LogP contribution is -2.34. The fourth-order valence-electron chi connectivity index (χ4n) is 4.87. The number of nitrogens with zero attached hydrogens (tertiary/aromatic N) is 2. The third-order valence-electron chi connectivity index (χ3n) is 5.51. The van der Waals surface area contributed by atoms with Gasteiger partial charge in [-0.25, -0.2) is 0 Å². The highest BCUT2D eigenvalue weighted by atomic mass is 35.5. The Bertz CT molecular complexity index is 780. The number of halogens is 1. The smallest absolute Gasteiger partial charge is 0.263 e. The summed E-state index contributed by atoms with van der Waals surface area (Å²) < 4.78 is 0. The van der Waals surface area contributed by atoms with E-state index in [1.165, 1.54) is 6.42 Å². The van der Waals surface area contributed by atoms with E-state index in [0.29, 0.717) is 23.0 Å². The van der Waals surface area contributed by atoms with Crippen LogP contribution >= 0.6 is 11.6 Å². The topological polar surface area (TPSA) is 56.1 Å². The Hall–Kier alpha value is -1.99. The van der Waals surface area contributed by atoms with Crippen LogP contribution in [-0.2, 0) is 11.3 Å². The van der Waals surface area contributed by atoms with Crippen LogP contribution in [0, 0.1) is 22.2 Å². The first-order chi connectivity index (χ1) is 12.2. The van der Waals surface area contributed by atoms with E-state index in [2.05, 4.69) is 37.1 Å². The molecule has 1 aliphatic heterocycles. The molecule has 2 unspecified atom stereocenters. The first kappa shape index (κ1) is 18.8. The Balaban J connectivity index is 1.70. The highest BCUT2D eigenvalue weighted by Crippen LogP contribution is 2.52. The van der Waals surface area contributed by atoms with E-state index in [0.717, 1.165) is 24.9 Å². The minimum absolute atomic E-state index is 0.158. The molecule has 26 heavy (non-hydrogen) atoms. The number of hydrogen-bond acceptors (Lipinski definition) is 3. The van der Waals surface area contributed by atoms with Crippen LogP contribution in [0.1, 0.15) is 45.6 Å². The molecular weight excluding hydrogens is 346 g/mol. The summed E-state index contributed by atoms with van der Waals surface area (Å²) in [5, 5.41) is 12.9. The highest BCUT2D eigenvalue weighted by molar-refractivity contribution is 6.31. The molecule has 1 aromatic rings. The predicted octanol–water partition coefficient (Wildman–Crippen LogP) is 4.26. The molecule has 1 amide bonds. The van der Waals surface area contributed by atoms with Crippen LogP contribution < -0.4 is 5.32 Å². The molecule has 3 rings (SSSR count). The molecular formula is C21H26ClN3O. The molecule has 1 aromatic carbocycles. The minimum atomic E-state index is -0.349. The van der Waals surface area contributed by atoms with Gasteiger partial charge in [0.1, 0.15) is 11.6 Å². The monoisotopic (exact) mass is 371 g/mol. The lowest BCUT2D eigenvalue weighted by atomic mass is 9.65. The molecule has 0 aromatic heterocycles. The number of benzene rings is 1. The third-order valence-corrected chi connectivity index (χ3v) is 5.88. The molecule has 2 bridgehead atoms. The standard InChI is InChI=1S/C21H26ClN3O/c1-20(2)8-17-9-21(3,13-20)14-25(17)12-16(10-23)19(26)24-11-15-6-4-5-7-18(15)22/h4-7,12,17H,8-9,11,13-14H2,1-3H3,(H,24,26)/b16-12-. The molecule has 0 radical (unpaired) electrons. The summed E-state index contributed by atoms with van der Waals surface area (Å²) >= 11 is 6.12. The van der Waals surface area contributed by atoms with E-state index >= 15 is 0 Å². The SMILES string of the molecule is CC1(C)CC2CC(C)(CN2/C=C(/C#N)C(=O)NCc2ccccc2Cl)C1. The van der Waals surface area contributed by atoms with Gasteiger partial charge in [0.05, 0.1) is 0 Å². The number of nitrogens with one attached hydrogen (secondary N) is 1. The van der Waals surface area contributed by atoms with Crippen LogP contribution in [-0.4, -0.2) is 23.4 Å². The van der Waals surface area contributed by atoms with E-state index < -0.39 is 0 Å². The molecule has 5 heteroatoms. The van der Waals surface area contributed by atoms with Gasteiger partial charge in [-0.1, -0.05) is 50.6 Å². The zero-order valence-corrected chi connectivity index (χ0v) is 16.4. The van der Waals surface area contributed by atoms with Crippen LogP contribution in [0.5, 0.6) is 0 Å². The zero-order chi connectivity index (χ0) is 18.9. The second-order valence-electron chi connectivity index (χ2n) is 8.81. The molecule has 2 atom stereocenters. The molecule has 0 spiro atoms. The van der Waals surface area contributed by atoms with Crippen molar-refractivity contribution in [2.75, 3.05) is 6.54 Å². The van der Waals surface area contributed by atoms with Gasteiger partial charge in [0.15, 0.2) is 0 Å². The number of fused-ring (bicyclic) bond motifs is 2. The molecule has 138 valence electrons. The molecule has 2 aliphatic rings. The number of nitriles is 1. The fraction of sp³-hybridized carbons (Fsp3) is 0.524. The van der Waals surface area contributed by atoms with Gasteiger partial charge in [-0.05, 0) is 41.7 Å². The predicted molar refractivity (Wildman–Crippen MR) is 103 cm³/mol. The first-order valence-corrected chi connectivity index (χ1v) is 9.48. The van der Waals surface area contributed by atoms with Gasteiger partial charge in [0, 0.05) is 30.4 Å². The first-order valence-electron chi connectivity index (χ1n) is 9.11. The Labute approximate surface area is 160 Å². The maximum atomic E-state index is 12.5. The van der Waals surface area contributed by atoms with Crippen molar-refractivity contribution >= 4 is 17.5 Å². The van der Waals surface area contributed by atoms with Crippen molar-refractivity contribution in [1.82, 2.24) is 10.2 Å². The van der Waals surface area contributed by atoms with E-state index in [1.807, 2.05) is 18.2 Å². The van der Waals surface area contributed by atoms with Gasteiger partial charge in [-0.2, -0.15) is 5.26 Å². The normalized spacial score (nSPS) is 27.1. The number of amides is 1. The molecule has 1 heterocycles. The lowest BCUT2D eigenvalue weighted by Gasteiger charge is -2.39.